The molecule has 0 aromatic heterocycles. The van der Waals surface area contributed by atoms with Gasteiger partial charge in [0, 0.05) is 18.6 Å². The van der Waals surface area contributed by atoms with E-state index in [1.807, 2.05) is 13.8 Å². The van der Waals surface area contributed by atoms with Gasteiger partial charge in [0.05, 0.1) is 4.90 Å². The Morgan fingerprint density at radius 1 is 1.25 bits per heavy atom. The highest BCUT2D eigenvalue weighted by molar-refractivity contribution is 7.89. The Morgan fingerprint density at radius 2 is 1.85 bits per heavy atom. The van der Waals surface area contributed by atoms with Crippen LogP contribution in [0.3, 0.4) is 0 Å². The van der Waals surface area contributed by atoms with E-state index in [0.29, 0.717) is 17.4 Å². The summed E-state index contributed by atoms with van der Waals surface area (Å²) in [6.45, 7) is 6.62. The average Bonchev–Trinajstić information content (AvgIpc) is 2.41. The molecule has 0 saturated carbocycles. The van der Waals surface area contributed by atoms with Crippen molar-refractivity contribution in [3.63, 3.8) is 0 Å². The van der Waals surface area contributed by atoms with Crippen LogP contribution in [0.25, 0.3) is 0 Å². The van der Waals surface area contributed by atoms with Crippen LogP contribution < -0.4 is 5.73 Å². The summed E-state index contributed by atoms with van der Waals surface area (Å²) in [6, 6.07) is 6.91. The van der Waals surface area contributed by atoms with Crippen molar-refractivity contribution in [3.8, 4) is 0 Å². The van der Waals surface area contributed by atoms with Gasteiger partial charge in [0.15, 0.2) is 0 Å². The molecular weight excluding hydrogens is 272 g/mol. The number of benzene rings is 1. The van der Waals surface area contributed by atoms with E-state index in [-0.39, 0.29) is 12.1 Å². The topological polar surface area (TPSA) is 63.4 Å². The number of sulfonamides is 1. The van der Waals surface area contributed by atoms with Gasteiger partial charge in [-0.1, -0.05) is 19.1 Å². The van der Waals surface area contributed by atoms with Gasteiger partial charge >= 0.3 is 0 Å². The molecular formula is C15H24N2O2S. The number of nitrogens with two attached hydrogens (primary N) is 1. The molecule has 3 unspecified atom stereocenters. The van der Waals surface area contributed by atoms with Crippen LogP contribution in [0.2, 0.25) is 0 Å². The van der Waals surface area contributed by atoms with Gasteiger partial charge in [0.25, 0.3) is 0 Å². The lowest BCUT2D eigenvalue weighted by Crippen LogP contribution is -2.45. The fraction of sp³-hybridized carbons (Fsp3) is 0.600. The van der Waals surface area contributed by atoms with E-state index in [2.05, 4.69) is 6.92 Å². The van der Waals surface area contributed by atoms with Crippen LogP contribution in [0.5, 0.6) is 0 Å². The molecule has 0 bridgehead atoms. The number of piperidine rings is 1. The minimum Gasteiger partial charge on any atom is -0.324 e. The van der Waals surface area contributed by atoms with E-state index in [1.165, 1.54) is 0 Å². The molecule has 0 spiro atoms. The maximum absolute atomic E-state index is 12.7. The second kappa shape index (κ2) is 5.84. The number of nitrogens with zero attached hydrogens (tertiary/aromatic N) is 1. The first-order valence-electron chi connectivity index (χ1n) is 7.21. The van der Waals surface area contributed by atoms with Crippen molar-refractivity contribution in [1.29, 1.82) is 0 Å². The molecule has 5 heteroatoms. The first-order valence-corrected chi connectivity index (χ1v) is 8.65. The third kappa shape index (κ3) is 2.90. The first kappa shape index (κ1) is 15.5. The second-order valence-corrected chi connectivity index (χ2v) is 7.72. The summed E-state index contributed by atoms with van der Waals surface area (Å²) in [5.41, 5.74) is 6.74. The Balaban J connectivity index is 2.30. The van der Waals surface area contributed by atoms with Gasteiger partial charge in [0.1, 0.15) is 0 Å². The van der Waals surface area contributed by atoms with Gasteiger partial charge in [-0.3, -0.25) is 0 Å². The van der Waals surface area contributed by atoms with Gasteiger partial charge in [-0.15, -0.1) is 0 Å². The molecule has 1 aliphatic rings. The van der Waals surface area contributed by atoms with E-state index >= 15 is 0 Å². The minimum atomic E-state index is -3.39. The fourth-order valence-corrected chi connectivity index (χ4v) is 4.48. The van der Waals surface area contributed by atoms with Crippen LogP contribution >= 0.6 is 0 Å². The predicted molar refractivity (Wildman–Crippen MR) is 80.8 cm³/mol. The van der Waals surface area contributed by atoms with Crippen LogP contribution in [-0.4, -0.2) is 25.3 Å². The summed E-state index contributed by atoms with van der Waals surface area (Å²) in [6.07, 6.45) is 2.03. The minimum absolute atomic E-state index is 0.0573. The summed E-state index contributed by atoms with van der Waals surface area (Å²) in [5.74, 6) is 0.405. The van der Waals surface area contributed by atoms with Crippen molar-refractivity contribution >= 4 is 10.0 Å². The summed E-state index contributed by atoms with van der Waals surface area (Å²) in [5, 5.41) is 0. The Kier molecular flexibility index (Phi) is 4.52. The quantitative estimate of drug-likeness (QED) is 0.932. The third-order valence-corrected chi connectivity index (χ3v) is 6.33. The smallest absolute Gasteiger partial charge is 0.243 e. The molecule has 0 aliphatic carbocycles. The lowest BCUT2D eigenvalue weighted by Gasteiger charge is -2.36. The molecule has 112 valence electrons. The van der Waals surface area contributed by atoms with E-state index in [0.717, 1.165) is 18.4 Å². The first-order chi connectivity index (χ1) is 9.34. The van der Waals surface area contributed by atoms with Crippen LogP contribution in [0.1, 0.15) is 45.2 Å². The van der Waals surface area contributed by atoms with Crippen molar-refractivity contribution in [2.75, 3.05) is 6.54 Å². The molecule has 1 heterocycles. The van der Waals surface area contributed by atoms with E-state index in [1.54, 1.807) is 28.6 Å². The summed E-state index contributed by atoms with van der Waals surface area (Å²) in [7, 11) is -3.39. The summed E-state index contributed by atoms with van der Waals surface area (Å²) >= 11 is 0. The number of hydrogen-bond donors (Lipinski definition) is 1. The maximum Gasteiger partial charge on any atom is 0.243 e. The molecule has 0 radical (unpaired) electrons. The number of hydrogen-bond acceptors (Lipinski definition) is 3. The Bertz CT molecular complexity index is 552. The van der Waals surface area contributed by atoms with Gasteiger partial charge in [0.2, 0.25) is 10.0 Å². The van der Waals surface area contributed by atoms with Gasteiger partial charge in [-0.05, 0) is 50.3 Å². The van der Waals surface area contributed by atoms with Crippen LogP contribution in [0.4, 0.5) is 0 Å². The SMILES string of the molecule is CC(N)c1ccc(S(=O)(=O)N2CCCC(C)C2C)cc1. The van der Waals surface area contributed by atoms with Crippen molar-refractivity contribution in [3.05, 3.63) is 29.8 Å². The predicted octanol–water partition coefficient (Wildman–Crippen LogP) is 2.52. The highest BCUT2D eigenvalue weighted by Gasteiger charge is 2.34. The van der Waals surface area contributed by atoms with Crippen molar-refractivity contribution < 1.29 is 8.42 Å². The molecule has 2 rings (SSSR count). The van der Waals surface area contributed by atoms with Gasteiger partial charge < -0.3 is 5.73 Å². The lowest BCUT2D eigenvalue weighted by molar-refractivity contribution is 0.202. The molecule has 20 heavy (non-hydrogen) atoms. The molecule has 0 amide bonds. The second-order valence-electron chi connectivity index (χ2n) is 5.83. The average molecular weight is 296 g/mol. The molecule has 1 aromatic rings. The largest absolute Gasteiger partial charge is 0.324 e. The van der Waals surface area contributed by atoms with Crippen molar-refractivity contribution in [2.24, 2.45) is 11.7 Å². The fourth-order valence-electron chi connectivity index (χ4n) is 2.72. The zero-order valence-corrected chi connectivity index (χ0v) is 13.2. The van der Waals surface area contributed by atoms with Crippen LogP contribution in [0.15, 0.2) is 29.2 Å². The van der Waals surface area contributed by atoms with Crippen molar-refractivity contribution in [2.45, 2.75) is 50.6 Å². The van der Waals surface area contributed by atoms with Crippen LogP contribution in [-0.2, 0) is 10.0 Å². The van der Waals surface area contributed by atoms with E-state index in [9.17, 15) is 8.42 Å². The molecule has 1 aliphatic heterocycles. The molecule has 1 fully saturated rings. The summed E-state index contributed by atoms with van der Waals surface area (Å²) in [4.78, 5) is 0.364. The Hall–Kier alpha value is -0.910. The number of rotatable bonds is 3. The zero-order valence-electron chi connectivity index (χ0n) is 12.4. The normalized spacial score (nSPS) is 26.4. The highest BCUT2D eigenvalue weighted by atomic mass is 32.2. The van der Waals surface area contributed by atoms with Crippen molar-refractivity contribution in [1.82, 2.24) is 4.31 Å². The maximum atomic E-state index is 12.7. The van der Waals surface area contributed by atoms with Crippen LogP contribution in [0, 0.1) is 5.92 Å². The van der Waals surface area contributed by atoms with E-state index in [4.69, 9.17) is 5.73 Å². The highest BCUT2D eigenvalue weighted by Crippen LogP contribution is 2.29. The molecule has 2 N–H and O–H groups in total. The molecule has 4 nitrogen and oxygen atoms in total. The Morgan fingerprint density at radius 3 is 2.40 bits per heavy atom. The monoisotopic (exact) mass is 296 g/mol. The summed E-state index contributed by atoms with van der Waals surface area (Å²) < 4.78 is 27.1. The molecule has 1 aromatic carbocycles. The van der Waals surface area contributed by atoms with E-state index < -0.39 is 10.0 Å². The van der Waals surface area contributed by atoms with Gasteiger partial charge in [-0.25, -0.2) is 8.42 Å². The third-order valence-electron chi connectivity index (χ3n) is 4.33. The van der Waals surface area contributed by atoms with Gasteiger partial charge in [-0.2, -0.15) is 4.31 Å². The lowest BCUT2D eigenvalue weighted by atomic mass is 9.94. The molecule has 1 saturated heterocycles. The Labute approximate surface area is 122 Å². The zero-order chi connectivity index (χ0) is 14.9. The molecule has 3 atom stereocenters. The standard InChI is InChI=1S/C15H24N2O2S/c1-11-5-4-10-17(13(11)3)20(18,19)15-8-6-14(7-9-15)12(2)16/h6-9,11-13H,4-5,10,16H2,1-3H3.